The number of hydrogen-bond acceptors (Lipinski definition) is 7. The molecule has 1 aromatic heterocycles. The molecular weight excluding hydrogens is 579 g/mol. The summed E-state index contributed by atoms with van der Waals surface area (Å²) in [6, 6.07) is 14.5. The molecule has 0 unspecified atom stereocenters. The van der Waals surface area contributed by atoms with Gasteiger partial charge in [0.2, 0.25) is 5.91 Å². The van der Waals surface area contributed by atoms with E-state index in [1.807, 2.05) is 37.3 Å². The van der Waals surface area contributed by atoms with E-state index in [4.69, 9.17) is 14.2 Å². The van der Waals surface area contributed by atoms with Crippen LogP contribution in [0.4, 0.5) is 20.6 Å². The maximum Gasteiger partial charge on any atom is 0.411 e. The number of hydrogen-bond donors (Lipinski definition) is 3. The number of likely N-dealkylation sites (N-methyl/N-ethyl adjacent to an activating group) is 1. The fraction of sp³-hybridized carbons (Fsp3) is 0.265. The van der Waals surface area contributed by atoms with Gasteiger partial charge < -0.3 is 29.4 Å². The Kier molecular flexibility index (Phi) is 8.27. The number of halogens is 1. The maximum atomic E-state index is 15.5. The standard InChI is InChI=1S/C34H33FN4O6/c1-19-12-22-5-7-27(19)20(2)17-44-34(42)38-25-13-23(31(29(35)15-25)45-26-9-11-43-18-26)16-39(3)33(41)30(22)37-24-6-4-21-8-10-36-32(40)28(21)14-24/h4-8,10,12-15,26,30,37H,2,9,11,16-18H2,1,3H3,(H,36,40)(H,38,42)/t26-,30+/m0/s1. The first-order valence-electron chi connectivity index (χ1n) is 14.6. The molecular formula is C34H33FN4O6. The van der Waals surface area contributed by atoms with E-state index in [0.717, 1.165) is 22.6 Å². The molecule has 10 nitrogen and oxygen atoms in total. The quantitative estimate of drug-likeness (QED) is 0.277. The van der Waals surface area contributed by atoms with Crippen molar-refractivity contribution < 1.29 is 28.2 Å². The third-order valence-corrected chi connectivity index (χ3v) is 8.00. The van der Waals surface area contributed by atoms with Crippen LogP contribution in [-0.2, 0) is 20.8 Å². The molecule has 232 valence electrons. The van der Waals surface area contributed by atoms with E-state index in [1.54, 1.807) is 31.4 Å². The van der Waals surface area contributed by atoms with E-state index in [1.165, 1.54) is 4.90 Å². The Morgan fingerprint density at radius 3 is 2.71 bits per heavy atom. The molecule has 4 bridgehead atoms. The number of nitrogens with zero attached hydrogens (tertiary/aromatic N) is 1. The van der Waals surface area contributed by atoms with E-state index in [2.05, 4.69) is 22.2 Å². The zero-order valence-electron chi connectivity index (χ0n) is 24.9. The molecule has 0 radical (unpaired) electrons. The third-order valence-electron chi connectivity index (χ3n) is 8.00. The average molecular weight is 613 g/mol. The summed E-state index contributed by atoms with van der Waals surface area (Å²) in [7, 11) is 1.61. The number of carbonyl (C=O) groups is 2. The number of nitrogens with one attached hydrogen (secondary N) is 3. The second kappa shape index (κ2) is 12.4. The smallest absolute Gasteiger partial charge is 0.411 e. The predicted octanol–water partition coefficient (Wildman–Crippen LogP) is 5.53. The minimum absolute atomic E-state index is 0.0166. The van der Waals surface area contributed by atoms with Crippen LogP contribution in [0.3, 0.4) is 0 Å². The van der Waals surface area contributed by atoms with Gasteiger partial charge in [0, 0.05) is 54.6 Å². The van der Waals surface area contributed by atoms with Gasteiger partial charge in [-0.15, -0.1) is 0 Å². The Bertz CT molecular complexity index is 1870. The molecule has 1 fully saturated rings. The SMILES string of the molecule is C=C1COC(=O)Nc2cc(F)c(O[C@H]3CCOC3)c(c2)CN(C)C(=O)[C@H](Nc2ccc3cc[nH]c(=O)c3c2)c2ccc1c(C)c2. The topological polar surface area (TPSA) is 122 Å². The van der Waals surface area contributed by atoms with E-state index >= 15 is 4.39 Å². The number of aryl methyl sites for hydroxylation is 1. The minimum Gasteiger partial charge on any atom is -0.484 e. The monoisotopic (exact) mass is 612 g/mol. The molecule has 45 heavy (non-hydrogen) atoms. The molecule has 0 spiro atoms. The minimum atomic E-state index is -0.874. The number of carbonyl (C=O) groups excluding carboxylic acids is 2. The van der Waals surface area contributed by atoms with Crippen molar-refractivity contribution >= 4 is 39.7 Å². The highest BCUT2D eigenvalue weighted by Gasteiger charge is 2.28. The maximum absolute atomic E-state index is 15.5. The number of anilines is 2. The van der Waals surface area contributed by atoms with Crippen LogP contribution in [0.25, 0.3) is 16.3 Å². The molecule has 11 heteroatoms. The zero-order chi connectivity index (χ0) is 31.7. The average Bonchev–Trinajstić information content (AvgIpc) is 3.53. The predicted molar refractivity (Wildman–Crippen MR) is 169 cm³/mol. The number of amides is 2. The number of H-pyrrole nitrogens is 1. The van der Waals surface area contributed by atoms with E-state index in [0.29, 0.717) is 47.4 Å². The summed E-state index contributed by atoms with van der Waals surface area (Å²) in [5.41, 5.74) is 3.64. The summed E-state index contributed by atoms with van der Waals surface area (Å²) in [4.78, 5) is 43.6. The van der Waals surface area contributed by atoms with Crippen LogP contribution in [0.2, 0.25) is 0 Å². The van der Waals surface area contributed by atoms with Gasteiger partial charge >= 0.3 is 6.09 Å². The fourth-order valence-corrected chi connectivity index (χ4v) is 5.67. The lowest BCUT2D eigenvalue weighted by Crippen LogP contribution is -2.35. The van der Waals surface area contributed by atoms with Crippen LogP contribution in [0, 0.1) is 12.7 Å². The van der Waals surface area contributed by atoms with E-state index in [-0.39, 0.29) is 42.2 Å². The Balaban J connectivity index is 1.42. The second-order valence-electron chi connectivity index (χ2n) is 11.3. The fourth-order valence-electron chi connectivity index (χ4n) is 5.67. The summed E-state index contributed by atoms with van der Waals surface area (Å²) in [5, 5.41) is 7.14. The Morgan fingerprint density at radius 2 is 1.93 bits per heavy atom. The molecule has 3 aliphatic heterocycles. The Hall–Kier alpha value is -5.16. The van der Waals surface area contributed by atoms with Crippen molar-refractivity contribution in [2.24, 2.45) is 0 Å². The first-order chi connectivity index (χ1) is 21.7. The van der Waals surface area contributed by atoms with Crippen LogP contribution in [-0.4, -0.2) is 54.9 Å². The van der Waals surface area contributed by atoms with Crippen molar-refractivity contribution in [3.05, 3.63) is 106 Å². The Labute approximate surface area is 258 Å². The normalized spacial score (nSPS) is 19.0. The van der Waals surface area contributed by atoms with Crippen molar-refractivity contribution in [1.82, 2.24) is 9.88 Å². The largest absolute Gasteiger partial charge is 0.484 e. The van der Waals surface area contributed by atoms with Crippen molar-refractivity contribution in [3.63, 3.8) is 0 Å². The summed E-state index contributed by atoms with van der Waals surface area (Å²) in [6.07, 6.45) is 1.06. The lowest BCUT2D eigenvalue weighted by atomic mass is 9.95. The summed E-state index contributed by atoms with van der Waals surface area (Å²) in [5.74, 6) is -1.02. The molecule has 3 aliphatic rings. The highest BCUT2D eigenvalue weighted by Crippen LogP contribution is 2.33. The van der Waals surface area contributed by atoms with Gasteiger partial charge in [0.25, 0.3) is 5.56 Å². The van der Waals surface area contributed by atoms with Gasteiger partial charge in [-0.3, -0.25) is 14.9 Å². The molecule has 1 saturated heterocycles. The first kappa shape index (κ1) is 29.9. The second-order valence-corrected chi connectivity index (χ2v) is 11.3. The van der Waals surface area contributed by atoms with Crippen LogP contribution in [0.15, 0.2) is 72.2 Å². The zero-order valence-corrected chi connectivity index (χ0v) is 24.9. The lowest BCUT2D eigenvalue weighted by molar-refractivity contribution is -0.131. The lowest BCUT2D eigenvalue weighted by Gasteiger charge is -2.28. The van der Waals surface area contributed by atoms with Gasteiger partial charge in [-0.05, 0) is 58.8 Å². The van der Waals surface area contributed by atoms with E-state index in [9.17, 15) is 14.4 Å². The highest BCUT2D eigenvalue weighted by atomic mass is 19.1. The molecule has 2 atom stereocenters. The number of benzene rings is 3. The molecule has 4 aromatic rings. The summed E-state index contributed by atoms with van der Waals surface area (Å²) >= 11 is 0. The van der Waals surface area contributed by atoms with Crippen molar-refractivity contribution in [3.8, 4) is 5.75 Å². The summed E-state index contributed by atoms with van der Waals surface area (Å²) in [6.45, 7) is 6.65. The Morgan fingerprint density at radius 1 is 1.09 bits per heavy atom. The molecule has 0 saturated carbocycles. The van der Waals surface area contributed by atoms with Gasteiger partial charge in [-0.1, -0.05) is 30.8 Å². The third kappa shape index (κ3) is 6.39. The number of ether oxygens (including phenoxy) is 3. The number of aromatic nitrogens is 1. The van der Waals surface area contributed by atoms with Crippen molar-refractivity contribution in [2.75, 3.05) is 37.5 Å². The molecule has 3 aromatic carbocycles. The van der Waals surface area contributed by atoms with Gasteiger partial charge in [-0.2, -0.15) is 0 Å². The number of aromatic amines is 1. The van der Waals surface area contributed by atoms with Crippen LogP contribution in [0.5, 0.6) is 5.75 Å². The molecule has 2 amide bonds. The van der Waals surface area contributed by atoms with E-state index < -0.39 is 18.0 Å². The van der Waals surface area contributed by atoms with Crippen molar-refractivity contribution in [1.29, 1.82) is 0 Å². The van der Waals surface area contributed by atoms with Crippen LogP contribution >= 0.6 is 0 Å². The van der Waals surface area contributed by atoms with Gasteiger partial charge in [-0.25, -0.2) is 9.18 Å². The molecule has 4 heterocycles. The van der Waals surface area contributed by atoms with Crippen LogP contribution < -0.4 is 20.9 Å². The van der Waals surface area contributed by atoms with Gasteiger partial charge in [0.15, 0.2) is 11.6 Å². The molecule has 3 N–H and O–H groups in total. The van der Waals surface area contributed by atoms with Gasteiger partial charge in [0.1, 0.15) is 18.8 Å². The first-order valence-corrected chi connectivity index (χ1v) is 14.6. The van der Waals surface area contributed by atoms with Gasteiger partial charge in [0.05, 0.1) is 13.2 Å². The van der Waals surface area contributed by atoms with Crippen molar-refractivity contribution in [2.45, 2.75) is 32.0 Å². The molecule has 0 aliphatic carbocycles. The highest BCUT2D eigenvalue weighted by molar-refractivity contribution is 5.89. The summed E-state index contributed by atoms with van der Waals surface area (Å²) < 4.78 is 32.4. The molecule has 7 rings (SSSR count). The number of rotatable bonds is 4. The van der Waals surface area contributed by atoms with Crippen LogP contribution in [0.1, 0.15) is 34.7 Å². The number of pyridine rings is 1. The number of fused-ring (bicyclic) bond motifs is 10.